The molecule has 0 aromatic heterocycles. The Hall–Kier alpha value is -1.69. The number of rotatable bonds is 5. The van der Waals surface area contributed by atoms with Gasteiger partial charge in [0, 0.05) is 12.3 Å². The first-order valence-electron chi connectivity index (χ1n) is 5.50. The van der Waals surface area contributed by atoms with Crippen LogP contribution in [0.4, 0.5) is 4.79 Å². The van der Waals surface area contributed by atoms with Crippen molar-refractivity contribution < 1.29 is 14.3 Å². The SMILES string of the molecule is COc1ccc(CN(C=O)C2CSC(=O)N2)cc1. The van der Waals surface area contributed by atoms with Crippen LogP contribution in [0, 0.1) is 0 Å². The number of hydrogen-bond donors (Lipinski definition) is 1. The molecule has 1 aliphatic heterocycles. The zero-order valence-electron chi connectivity index (χ0n) is 9.96. The third kappa shape index (κ3) is 2.95. The Labute approximate surface area is 109 Å². The number of amides is 2. The van der Waals surface area contributed by atoms with Crippen molar-refractivity contribution in [3.05, 3.63) is 29.8 Å². The average molecular weight is 266 g/mol. The van der Waals surface area contributed by atoms with E-state index in [0.717, 1.165) is 17.7 Å². The fraction of sp³-hybridized carbons (Fsp3) is 0.333. The Morgan fingerprint density at radius 2 is 2.22 bits per heavy atom. The molecule has 1 atom stereocenters. The van der Waals surface area contributed by atoms with Crippen molar-refractivity contribution in [2.45, 2.75) is 12.7 Å². The van der Waals surface area contributed by atoms with Gasteiger partial charge in [0.25, 0.3) is 5.24 Å². The number of carbonyl (C=O) groups excluding carboxylic acids is 2. The standard InChI is InChI=1S/C12H14N2O3S/c1-17-10-4-2-9(3-5-10)6-14(8-15)11-7-18-12(16)13-11/h2-5,8,11H,6-7H2,1H3,(H,13,16). The number of ether oxygens (including phenoxy) is 1. The Morgan fingerprint density at radius 1 is 1.50 bits per heavy atom. The lowest BCUT2D eigenvalue weighted by Crippen LogP contribution is -2.43. The van der Waals surface area contributed by atoms with Crippen LogP contribution < -0.4 is 10.1 Å². The highest BCUT2D eigenvalue weighted by Crippen LogP contribution is 2.18. The molecule has 1 aromatic rings. The Kier molecular flexibility index (Phi) is 4.09. The lowest BCUT2D eigenvalue weighted by atomic mass is 10.2. The minimum atomic E-state index is -0.220. The minimum absolute atomic E-state index is 0.0819. The molecule has 1 N–H and O–H groups in total. The van der Waals surface area contributed by atoms with E-state index in [-0.39, 0.29) is 11.4 Å². The van der Waals surface area contributed by atoms with Crippen molar-refractivity contribution in [3.63, 3.8) is 0 Å². The molecule has 1 aromatic carbocycles. The van der Waals surface area contributed by atoms with Crippen LogP contribution in [0.5, 0.6) is 5.75 Å². The molecule has 1 saturated heterocycles. The van der Waals surface area contributed by atoms with Gasteiger partial charge in [0.1, 0.15) is 11.9 Å². The summed E-state index contributed by atoms with van der Waals surface area (Å²) in [4.78, 5) is 23.8. The van der Waals surface area contributed by atoms with Crippen LogP contribution in [0.25, 0.3) is 0 Å². The van der Waals surface area contributed by atoms with Crippen LogP contribution >= 0.6 is 11.8 Å². The molecule has 0 bridgehead atoms. The molecule has 0 radical (unpaired) electrons. The summed E-state index contributed by atoms with van der Waals surface area (Å²) in [5.74, 6) is 1.37. The topological polar surface area (TPSA) is 58.6 Å². The highest BCUT2D eigenvalue weighted by atomic mass is 32.2. The van der Waals surface area contributed by atoms with Gasteiger partial charge in [0.15, 0.2) is 0 Å². The number of thioether (sulfide) groups is 1. The zero-order chi connectivity index (χ0) is 13.0. The lowest BCUT2D eigenvalue weighted by molar-refractivity contribution is -0.120. The Morgan fingerprint density at radius 3 is 2.72 bits per heavy atom. The maximum absolute atomic E-state index is 11.1. The minimum Gasteiger partial charge on any atom is -0.497 e. The highest BCUT2D eigenvalue weighted by Gasteiger charge is 2.26. The van der Waals surface area contributed by atoms with Crippen LogP contribution in [-0.4, -0.2) is 35.6 Å². The molecule has 1 fully saturated rings. The Bertz CT molecular complexity index is 435. The van der Waals surface area contributed by atoms with Gasteiger partial charge >= 0.3 is 0 Å². The van der Waals surface area contributed by atoms with Crippen LogP contribution in [0.1, 0.15) is 5.56 Å². The summed E-state index contributed by atoms with van der Waals surface area (Å²) < 4.78 is 5.07. The van der Waals surface area contributed by atoms with Crippen molar-refractivity contribution in [1.29, 1.82) is 0 Å². The summed E-state index contributed by atoms with van der Waals surface area (Å²) >= 11 is 1.20. The summed E-state index contributed by atoms with van der Waals surface area (Å²) in [6, 6.07) is 7.50. The fourth-order valence-electron chi connectivity index (χ4n) is 1.72. The summed E-state index contributed by atoms with van der Waals surface area (Å²) in [6.07, 6.45) is 0.545. The first-order chi connectivity index (χ1) is 8.72. The molecule has 2 rings (SSSR count). The molecule has 1 heterocycles. The molecule has 0 saturated carbocycles. The maximum atomic E-state index is 11.1. The summed E-state index contributed by atoms with van der Waals surface area (Å²) in [5, 5.41) is 2.66. The van der Waals surface area contributed by atoms with E-state index in [9.17, 15) is 9.59 Å². The van der Waals surface area contributed by atoms with Gasteiger partial charge in [-0.2, -0.15) is 0 Å². The molecule has 0 aliphatic carbocycles. The van der Waals surface area contributed by atoms with Gasteiger partial charge in [-0.25, -0.2) is 0 Å². The molecular formula is C12H14N2O3S. The quantitative estimate of drug-likeness (QED) is 0.819. The fourth-order valence-corrected chi connectivity index (χ4v) is 2.52. The molecule has 96 valence electrons. The van der Waals surface area contributed by atoms with E-state index in [2.05, 4.69) is 5.32 Å². The molecule has 18 heavy (non-hydrogen) atoms. The Balaban J connectivity index is 2.00. The van der Waals surface area contributed by atoms with Crippen molar-refractivity contribution in [1.82, 2.24) is 10.2 Å². The van der Waals surface area contributed by atoms with Gasteiger partial charge in [0.2, 0.25) is 6.41 Å². The number of carbonyl (C=O) groups is 2. The van der Waals surface area contributed by atoms with Crippen molar-refractivity contribution in [2.75, 3.05) is 12.9 Å². The summed E-state index contributed by atoms with van der Waals surface area (Å²) in [5.41, 5.74) is 0.994. The zero-order valence-corrected chi connectivity index (χ0v) is 10.8. The first kappa shape index (κ1) is 12.8. The maximum Gasteiger partial charge on any atom is 0.280 e. The van der Waals surface area contributed by atoms with E-state index in [1.807, 2.05) is 24.3 Å². The second-order valence-corrected chi connectivity index (χ2v) is 4.88. The molecule has 2 amide bonds. The largest absolute Gasteiger partial charge is 0.497 e. The number of nitrogens with zero attached hydrogens (tertiary/aromatic N) is 1. The van der Waals surface area contributed by atoms with E-state index in [1.165, 1.54) is 11.8 Å². The number of methoxy groups -OCH3 is 1. The smallest absolute Gasteiger partial charge is 0.280 e. The first-order valence-corrected chi connectivity index (χ1v) is 6.49. The van der Waals surface area contributed by atoms with Crippen molar-refractivity contribution in [2.24, 2.45) is 0 Å². The predicted molar refractivity (Wildman–Crippen MR) is 69.4 cm³/mol. The van der Waals surface area contributed by atoms with Gasteiger partial charge in [-0.05, 0) is 17.7 Å². The van der Waals surface area contributed by atoms with Gasteiger partial charge in [-0.15, -0.1) is 0 Å². The monoisotopic (exact) mass is 266 g/mol. The molecule has 1 unspecified atom stereocenters. The second-order valence-electron chi connectivity index (χ2n) is 3.88. The number of hydrogen-bond acceptors (Lipinski definition) is 4. The molecule has 5 nitrogen and oxygen atoms in total. The lowest BCUT2D eigenvalue weighted by Gasteiger charge is -2.23. The number of benzene rings is 1. The van der Waals surface area contributed by atoms with Gasteiger partial charge in [-0.1, -0.05) is 23.9 Å². The predicted octanol–water partition coefficient (Wildman–Crippen LogP) is 1.44. The molecular weight excluding hydrogens is 252 g/mol. The van der Waals surface area contributed by atoms with Crippen molar-refractivity contribution >= 4 is 23.4 Å². The molecule has 0 spiro atoms. The second kappa shape index (κ2) is 5.77. The summed E-state index contributed by atoms with van der Waals surface area (Å²) in [7, 11) is 1.61. The third-order valence-corrected chi connectivity index (χ3v) is 3.58. The average Bonchev–Trinajstić information content (AvgIpc) is 2.83. The van der Waals surface area contributed by atoms with Crippen molar-refractivity contribution in [3.8, 4) is 5.75 Å². The summed E-state index contributed by atoms with van der Waals surface area (Å²) in [6.45, 7) is 0.471. The van der Waals surface area contributed by atoms with Gasteiger partial charge in [-0.3, -0.25) is 9.59 Å². The third-order valence-electron chi connectivity index (χ3n) is 2.72. The van der Waals surface area contributed by atoms with E-state index >= 15 is 0 Å². The van der Waals surface area contributed by atoms with Gasteiger partial charge < -0.3 is 15.0 Å². The van der Waals surface area contributed by atoms with Crippen LogP contribution in [0.15, 0.2) is 24.3 Å². The number of nitrogens with one attached hydrogen (secondary N) is 1. The molecule has 1 aliphatic rings. The van der Waals surface area contributed by atoms with Crippen LogP contribution in [-0.2, 0) is 11.3 Å². The van der Waals surface area contributed by atoms with E-state index in [0.29, 0.717) is 12.3 Å². The van der Waals surface area contributed by atoms with Gasteiger partial charge in [0.05, 0.1) is 7.11 Å². The highest BCUT2D eigenvalue weighted by molar-refractivity contribution is 8.13. The van der Waals surface area contributed by atoms with Crippen LogP contribution in [0.3, 0.4) is 0 Å². The normalized spacial score (nSPS) is 18.3. The molecule has 6 heteroatoms. The van der Waals surface area contributed by atoms with Crippen LogP contribution in [0.2, 0.25) is 0 Å². The van der Waals surface area contributed by atoms with E-state index < -0.39 is 0 Å². The van der Waals surface area contributed by atoms with E-state index in [1.54, 1.807) is 12.0 Å². The van der Waals surface area contributed by atoms with E-state index in [4.69, 9.17) is 4.74 Å².